The molecule has 1 heterocycles. The zero-order chi connectivity index (χ0) is 13.8. The second-order valence-electron chi connectivity index (χ2n) is 4.22. The van der Waals surface area contributed by atoms with Crippen LogP contribution in [0, 0.1) is 13.8 Å². The van der Waals surface area contributed by atoms with Crippen molar-refractivity contribution >= 4 is 29.0 Å². The Labute approximate surface area is 116 Å². The Kier molecular flexibility index (Phi) is 4.02. The highest BCUT2D eigenvalue weighted by molar-refractivity contribution is 6.32. The highest BCUT2D eigenvalue weighted by Crippen LogP contribution is 2.18. The molecular weight excluding hydrogens is 262 g/mol. The van der Waals surface area contributed by atoms with Gasteiger partial charge in [0.25, 0.3) is 0 Å². The van der Waals surface area contributed by atoms with E-state index in [2.05, 4.69) is 15.6 Å². The summed E-state index contributed by atoms with van der Waals surface area (Å²) < 4.78 is 0. The number of aryl methyl sites for hydroxylation is 2. The lowest BCUT2D eigenvalue weighted by atomic mass is 10.1. The lowest BCUT2D eigenvalue weighted by molar-refractivity contribution is 0.262. The van der Waals surface area contributed by atoms with E-state index in [1.165, 1.54) is 5.56 Å². The first-order valence-corrected chi connectivity index (χ1v) is 6.20. The van der Waals surface area contributed by atoms with Gasteiger partial charge >= 0.3 is 6.03 Å². The van der Waals surface area contributed by atoms with Gasteiger partial charge in [-0.1, -0.05) is 17.7 Å². The minimum Gasteiger partial charge on any atom is -0.308 e. The van der Waals surface area contributed by atoms with E-state index in [4.69, 9.17) is 11.6 Å². The van der Waals surface area contributed by atoms with Gasteiger partial charge in [0.05, 0.1) is 5.69 Å². The maximum Gasteiger partial charge on any atom is 0.323 e. The first-order chi connectivity index (χ1) is 9.06. The third-order valence-electron chi connectivity index (χ3n) is 2.77. The average molecular weight is 276 g/mol. The number of nitrogens with zero attached hydrogens (tertiary/aromatic N) is 1. The highest BCUT2D eigenvalue weighted by Gasteiger charge is 2.06. The predicted octanol–water partition coefficient (Wildman–Crippen LogP) is 4.00. The summed E-state index contributed by atoms with van der Waals surface area (Å²) in [5.41, 5.74) is 3.52. The summed E-state index contributed by atoms with van der Waals surface area (Å²) in [4.78, 5) is 15.7. The van der Waals surface area contributed by atoms with E-state index in [1.807, 2.05) is 32.0 Å². The largest absolute Gasteiger partial charge is 0.323 e. The molecule has 2 aromatic rings. The molecule has 0 bridgehead atoms. The highest BCUT2D eigenvalue weighted by atomic mass is 35.5. The molecule has 0 saturated carbocycles. The molecule has 0 aliphatic rings. The monoisotopic (exact) mass is 275 g/mol. The molecule has 0 aliphatic carbocycles. The minimum absolute atomic E-state index is 0.262. The van der Waals surface area contributed by atoms with Gasteiger partial charge in [-0.05, 0) is 49.2 Å². The Morgan fingerprint density at radius 2 is 1.95 bits per heavy atom. The van der Waals surface area contributed by atoms with E-state index in [0.717, 1.165) is 11.3 Å². The summed E-state index contributed by atoms with van der Waals surface area (Å²) in [6.07, 6.45) is 1.56. The van der Waals surface area contributed by atoms with Gasteiger partial charge in [-0.25, -0.2) is 9.78 Å². The van der Waals surface area contributed by atoms with Crippen LogP contribution < -0.4 is 10.6 Å². The molecule has 2 amide bonds. The number of anilines is 2. The van der Waals surface area contributed by atoms with Crippen LogP contribution in [0.25, 0.3) is 0 Å². The van der Waals surface area contributed by atoms with Crippen LogP contribution in [0.3, 0.4) is 0 Å². The Morgan fingerprint density at radius 1 is 1.16 bits per heavy atom. The van der Waals surface area contributed by atoms with Crippen molar-refractivity contribution in [3.05, 3.63) is 52.8 Å². The fraction of sp³-hybridized carbons (Fsp3) is 0.143. The number of benzene rings is 1. The van der Waals surface area contributed by atoms with Crippen LogP contribution >= 0.6 is 11.6 Å². The Hall–Kier alpha value is -2.07. The molecule has 0 aliphatic heterocycles. The molecule has 0 spiro atoms. The van der Waals surface area contributed by atoms with Crippen molar-refractivity contribution < 1.29 is 4.79 Å². The Morgan fingerprint density at radius 3 is 2.63 bits per heavy atom. The van der Waals surface area contributed by atoms with Gasteiger partial charge in [-0.2, -0.15) is 0 Å². The molecule has 0 atom stereocenters. The summed E-state index contributed by atoms with van der Waals surface area (Å²) in [5, 5.41) is 5.66. The topological polar surface area (TPSA) is 54.0 Å². The van der Waals surface area contributed by atoms with Crippen LogP contribution in [0.5, 0.6) is 0 Å². The van der Waals surface area contributed by atoms with E-state index in [-0.39, 0.29) is 11.2 Å². The average Bonchev–Trinajstić information content (AvgIpc) is 2.37. The molecule has 0 radical (unpaired) electrons. The van der Waals surface area contributed by atoms with Crippen molar-refractivity contribution in [1.82, 2.24) is 4.98 Å². The molecule has 0 unspecified atom stereocenters. The molecule has 1 aromatic heterocycles. The zero-order valence-corrected chi connectivity index (χ0v) is 11.5. The maximum atomic E-state index is 11.8. The third kappa shape index (κ3) is 3.45. The van der Waals surface area contributed by atoms with Crippen molar-refractivity contribution in [2.45, 2.75) is 13.8 Å². The molecule has 2 rings (SSSR count). The number of halogens is 1. The number of nitrogens with one attached hydrogen (secondary N) is 2. The predicted molar refractivity (Wildman–Crippen MR) is 77.8 cm³/mol. The van der Waals surface area contributed by atoms with Crippen LogP contribution in [0.15, 0.2) is 36.5 Å². The van der Waals surface area contributed by atoms with Crippen molar-refractivity contribution in [1.29, 1.82) is 0 Å². The van der Waals surface area contributed by atoms with Gasteiger partial charge in [-0.3, -0.25) is 0 Å². The second kappa shape index (κ2) is 5.71. The molecule has 2 N–H and O–H groups in total. The quantitative estimate of drug-likeness (QED) is 0.814. The number of aromatic nitrogens is 1. The fourth-order valence-electron chi connectivity index (χ4n) is 1.58. The number of carbonyl (C=O) groups is 1. The smallest absolute Gasteiger partial charge is 0.308 e. The number of hydrogen-bond donors (Lipinski definition) is 2. The zero-order valence-electron chi connectivity index (χ0n) is 10.7. The number of carbonyl (C=O) groups excluding carboxylic acids is 1. The Balaban J connectivity index is 2.05. The summed E-state index contributed by atoms with van der Waals surface area (Å²) in [7, 11) is 0. The number of rotatable bonds is 2. The van der Waals surface area contributed by atoms with Crippen molar-refractivity contribution in [3.8, 4) is 0 Å². The lowest BCUT2D eigenvalue weighted by Crippen LogP contribution is -2.19. The molecule has 0 fully saturated rings. The van der Waals surface area contributed by atoms with Crippen LogP contribution in [0.4, 0.5) is 16.2 Å². The molecular formula is C14H14ClN3O. The molecule has 5 heteroatoms. The minimum atomic E-state index is -0.349. The molecule has 4 nitrogen and oxygen atoms in total. The number of pyridine rings is 1. The van der Waals surface area contributed by atoms with Gasteiger partial charge in [-0.15, -0.1) is 0 Å². The standard InChI is InChI=1S/C14H14ClN3O/c1-9-5-6-11(8-10(9)2)17-14(19)18-12-4-3-7-16-13(12)15/h3-8H,1-2H3,(H2,17,18,19). The van der Waals surface area contributed by atoms with Gasteiger partial charge in [0.15, 0.2) is 5.15 Å². The normalized spacial score (nSPS) is 10.1. The van der Waals surface area contributed by atoms with E-state index < -0.39 is 0 Å². The summed E-state index contributed by atoms with van der Waals surface area (Å²) in [5.74, 6) is 0. The lowest BCUT2D eigenvalue weighted by Gasteiger charge is -2.09. The van der Waals surface area contributed by atoms with E-state index in [9.17, 15) is 4.79 Å². The van der Waals surface area contributed by atoms with Crippen molar-refractivity contribution in [2.75, 3.05) is 10.6 Å². The van der Waals surface area contributed by atoms with E-state index >= 15 is 0 Å². The van der Waals surface area contributed by atoms with Gasteiger partial charge in [0.2, 0.25) is 0 Å². The van der Waals surface area contributed by atoms with E-state index in [1.54, 1.807) is 18.3 Å². The molecule has 98 valence electrons. The summed E-state index contributed by atoms with van der Waals surface area (Å²) >= 11 is 5.86. The van der Waals surface area contributed by atoms with Crippen molar-refractivity contribution in [2.24, 2.45) is 0 Å². The summed E-state index contributed by atoms with van der Waals surface area (Å²) in [6, 6.07) is 8.78. The van der Waals surface area contributed by atoms with Crippen LogP contribution in [-0.4, -0.2) is 11.0 Å². The molecule has 0 saturated heterocycles. The van der Waals surface area contributed by atoms with Crippen LogP contribution in [-0.2, 0) is 0 Å². The number of amides is 2. The molecule has 19 heavy (non-hydrogen) atoms. The van der Waals surface area contributed by atoms with Crippen LogP contribution in [0.2, 0.25) is 5.15 Å². The maximum absolute atomic E-state index is 11.8. The van der Waals surface area contributed by atoms with E-state index in [0.29, 0.717) is 5.69 Å². The first-order valence-electron chi connectivity index (χ1n) is 5.82. The number of urea groups is 1. The van der Waals surface area contributed by atoms with Gasteiger partial charge in [0.1, 0.15) is 0 Å². The fourth-order valence-corrected chi connectivity index (χ4v) is 1.75. The van der Waals surface area contributed by atoms with Crippen LogP contribution in [0.1, 0.15) is 11.1 Å². The van der Waals surface area contributed by atoms with Gasteiger partial charge in [0, 0.05) is 11.9 Å². The van der Waals surface area contributed by atoms with Crippen molar-refractivity contribution in [3.63, 3.8) is 0 Å². The second-order valence-corrected chi connectivity index (χ2v) is 4.58. The summed E-state index contributed by atoms with van der Waals surface area (Å²) in [6.45, 7) is 4.02. The van der Waals surface area contributed by atoms with Gasteiger partial charge < -0.3 is 10.6 Å². The SMILES string of the molecule is Cc1ccc(NC(=O)Nc2cccnc2Cl)cc1C. The number of hydrogen-bond acceptors (Lipinski definition) is 2. The molecule has 1 aromatic carbocycles. The third-order valence-corrected chi connectivity index (χ3v) is 3.07. The first kappa shape index (κ1) is 13.4. The Bertz CT molecular complexity index is 613.